The number of aryl methyl sites for hydroxylation is 1. The zero-order chi connectivity index (χ0) is 13.1. The Balaban J connectivity index is 2.41. The first kappa shape index (κ1) is 13.4. The van der Waals surface area contributed by atoms with Gasteiger partial charge >= 0.3 is 5.97 Å². The molecule has 0 aliphatic carbocycles. The minimum absolute atomic E-state index is 0.0576. The summed E-state index contributed by atoms with van der Waals surface area (Å²) in [7, 11) is 0. The van der Waals surface area contributed by atoms with Crippen LogP contribution in [0.15, 0.2) is 10.7 Å². The van der Waals surface area contributed by atoms with Gasteiger partial charge < -0.3 is 9.15 Å². The molecule has 0 unspecified atom stereocenters. The smallest absolute Gasteiger partial charge is 0.306 e. The topological polar surface area (TPSA) is 69.4 Å². The molecule has 1 aromatic rings. The molecule has 17 heavy (non-hydrogen) atoms. The minimum atomic E-state index is -0.523. The first-order valence-electron chi connectivity index (χ1n) is 5.45. The van der Waals surface area contributed by atoms with E-state index in [1.165, 1.54) is 6.26 Å². The number of carbonyl (C=O) groups is 2. The van der Waals surface area contributed by atoms with Crippen LogP contribution in [0.1, 0.15) is 50.0 Å². The van der Waals surface area contributed by atoms with Crippen molar-refractivity contribution in [3.8, 4) is 0 Å². The number of oxazole rings is 1. The number of rotatable bonds is 4. The fraction of sp³-hybridized carbons (Fsp3) is 0.583. The summed E-state index contributed by atoms with van der Waals surface area (Å²) in [5, 5.41) is 0. The third-order valence-electron chi connectivity index (χ3n) is 1.88. The van der Waals surface area contributed by atoms with E-state index in [1.807, 2.05) is 0 Å². The van der Waals surface area contributed by atoms with Gasteiger partial charge in [-0.25, -0.2) is 4.98 Å². The zero-order valence-corrected chi connectivity index (χ0v) is 10.6. The van der Waals surface area contributed by atoms with Crippen LogP contribution in [0.25, 0.3) is 0 Å². The van der Waals surface area contributed by atoms with Gasteiger partial charge in [0.25, 0.3) is 0 Å². The molecule has 0 fully saturated rings. The van der Waals surface area contributed by atoms with Crippen LogP contribution in [-0.4, -0.2) is 22.3 Å². The lowest BCUT2D eigenvalue weighted by atomic mass is 10.1. The molecule has 1 aromatic heterocycles. The van der Waals surface area contributed by atoms with Crippen molar-refractivity contribution in [1.82, 2.24) is 4.98 Å². The Morgan fingerprint density at radius 1 is 1.35 bits per heavy atom. The maximum atomic E-state index is 11.6. The number of hydrogen-bond acceptors (Lipinski definition) is 5. The van der Waals surface area contributed by atoms with E-state index in [0.717, 1.165) is 0 Å². The largest absolute Gasteiger partial charge is 0.460 e. The van der Waals surface area contributed by atoms with Gasteiger partial charge in [-0.2, -0.15) is 0 Å². The predicted octanol–water partition coefficient (Wildman–Crippen LogP) is 2.29. The van der Waals surface area contributed by atoms with Crippen LogP contribution in [0.3, 0.4) is 0 Å². The van der Waals surface area contributed by atoms with Gasteiger partial charge in [-0.3, -0.25) is 9.59 Å². The molecule has 0 atom stereocenters. The maximum Gasteiger partial charge on any atom is 0.306 e. The van der Waals surface area contributed by atoms with Crippen molar-refractivity contribution in [2.24, 2.45) is 0 Å². The van der Waals surface area contributed by atoms with Crippen molar-refractivity contribution < 1.29 is 18.7 Å². The van der Waals surface area contributed by atoms with Crippen LogP contribution < -0.4 is 0 Å². The summed E-state index contributed by atoms with van der Waals surface area (Å²) in [4.78, 5) is 26.9. The molecule has 5 heteroatoms. The molecule has 0 bridgehead atoms. The Bertz CT molecular complexity index is 414. The van der Waals surface area contributed by atoms with Gasteiger partial charge in [0.05, 0.1) is 6.42 Å². The van der Waals surface area contributed by atoms with Gasteiger partial charge in [0.15, 0.2) is 11.7 Å². The molecule has 0 N–H and O–H groups in total. The molecule has 0 saturated heterocycles. The standard InChI is InChI=1S/C12H17NO4/c1-8-13-9(7-16-8)10(14)5-6-11(15)17-12(2,3)4/h7H,5-6H2,1-4H3. The third kappa shape index (κ3) is 4.80. The average Bonchev–Trinajstić information content (AvgIpc) is 2.58. The summed E-state index contributed by atoms with van der Waals surface area (Å²) in [6.07, 6.45) is 1.44. The van der Waals surface area contributed by atoms with Crippen molar-refractivity contribution >= 4 is 11.8 Å². The Labute approximate surface area is 100 Å². The van der Waals surface area contributed by atoms with Crippen LogP contribution in [0.5, 0.6) is 0 Å². The summed E-state index contributed by atoms with van der Waals surface area (Å²) in [5.41, 5.74) is -0.268. The lowest BCUT2D eigenvalue weighted by Crippen LogP contribution is -2.24. The fourth-order valence-corrected chi connectivity index (χ4v) is 1.23. The van der Waals surface area contributed by atoms with Crippen LogP contribution in [0, 0.1) is 6.92 Å². The van der Waals surface area contributed by atoms with Crippen LogP contribution in [0.2, 0.25) is 0 Å². The van der Waals surface area contributed by atoms with E-state index in [2.05, 4.69) is 4.98 Å². The van der Waals surface area contributed by atoms with Crippen LogP contribution in [-0.2, 0) is 9.53 Å². The Morgan fingerprint density at radius 2 is 2.00 bits per heavy atom. The first-order chi connectivity index (χ1) is 7.78. The second kappa shape index (κ2) is 5.12. The monoisotopic (exact) mass is 239 g/mol. The number of ketones is 1. The van der Waals surface area contributed by atoms with Crippen molar-refractivity contribution in [2.75, 3.05) is 0 Å². The summed E-state index contributed by atoms with van der Waals surface area (Å²) in [6.45, 7) is 7.01. The number of nitrogens with zero attached hydrogens (tertiary/aromatic N) is 1. The highest BCUT2D eigenvalue weighted by Gasteiger charge is 2.18. The highest BCUT2D eigenvalue weighted by molar-refractivity contribution is 5.95. The van der Waals surface area contributed by atoms with Crippen LogP contribution >= 0.6 is 0 Å². The predicted molar refractivity (Wildman–Crippen MR) is 60.6 cm³/mol. The molecule has 1 rings (SSSR count). The molecule has 0 aliphatic heterocycles. The molecular weight excluding hydrogens is 222 g/mol. The molecule has 0 radical (unpaired) electrons. The molecule has 0 amide bonds. The van der Waals surface area contributed by atoms with E-state index >= 15 is 0 Å². The zero-order valence-electron chi connectivity index (χ0n) is 10.6. The summed E-state index contributed by atoms with van der Waals surface area (Å²) in [6, 6.07) is 0. The fourth-order valence-electron chi connectivity index (χ4n) is 1.23. The SMILES string of the molecule is Cc1nc(C(=O)CCC(=O)OC(C)(C)C)co1. The quantitative estimate of drug-likeness (QED) is 0.595. The van der Waals surface area contributed by atoms with Gasteiger partial charge in [-0.15, -0.1) is 0 Å². The van der Waals surface area contributed by atoms with E-state index in [1.54, 1.807) is 27.7 Å². The Hall–Kier alpha value is -1.65. The Kier molecular flexibility index (Phi) is 4.04. The number of aromatic nitrogens is 1. The second-order valence-corrected chi connectivity index (χ2v) is 4.76. The van der Waals surface area contributed by atoms with E-state index in [4.69, 9.17) is 9.15 Å². The molecule has 5 nitrogen and oxygen atoms in total. The number of ether oxygens (including phenoxy) is 1. The molecule has 94 valence electrons. The average molecular weight is 239 g/mol. The van der Waals surface area contributed by atoms with Crippen molar-refractivity contribution in [2.45, 2.75) is 46.1 Å². The van der Waals surface area contributed by atoms with E-state index in [0.29, 0.717) is 5.89 Å². The summed E-state index contributed by atoms with van der Waals surface area (Å²) >= 11 is 0. The van der Waals surface area contributed by atoms with Gasteiger partial charge in [0.2, 0.25) is 0 Å². The van der Waals surface area contributed by atoms with Crippen LogP contribution in [0.4, 0.5) is 0 Å². The molecule has 0 spiro atoms. The molecule has 0 saturated carbocycles. The van der Waals surface area contributed by atoms with Crippen molar-refractivity contribution in [3.05, 3.63) is 17.8 Å². The summed E-state index contributed by atoms with van der Waals surface area (Å²) in [5.74, 6) is -0.163. The first-order valence-corrected chi connectivity index (χ1v) is 5.45. The number of carbonyl (C=O) groups excluding carboxylic acids is 2. The highest BCUT2D eigenvalue weighted by Crippen LogP contribution is 2.11. The molecular formula is C12H17NO4. The molecule has 0 aromatic carbocycles. The van der Waals surface area contributed by atoms with Gasteiger partial charge in [-0.05, 0) is 20.8 Å². The van der Waals surface area contributed by atoms with Crippen molar-refractivity contribution in [3.63, 3.8) is 0 Å². The van der Waals surface area contributed by atoms with E-state index in [-0.39, 0.29) is 30.3 Å². The summed E-state index contributed by atoms with van der Waals surface area (Å²) < 4.78 is 10.0. The second-order valence-electron chi connectivity index (χ2n) is 4.76. The lowest BCUT2D eigenvalue weighted by molar-refractivity contribution is -0.154. The lowest BCUT2D eigenvalue weighted by Gasteiger charge is -2.19. The van der Waals surface area contributed by atoms with Gasteiger partial charge in [0, 0.05) is 13.3 Å². The normalized spacial score (nSPS) is 11.3. The Morgan fingerprint density at radius 3 is 2.47 bits per heavy atom. The van der Waals surface area contributed by atoms with Gasteiger partial charge in [0.1, 0.15) is 17.6 Å². The van der Waals surface area contributed by atoms with E-state index in [9.17, 15) is 9.59 Å². The number of esters is 1. The highest BCUT2D eigenvalue weighted by atomic mass is 16.6. The minimum Gasteiger partial charge on any atom is -0.460 e. The molecule has 1 heterocycles. The van der Waals surface area contributed by atoms with Crippen molar-refractivity contribution in [1.29, 1.82) is 0 Å². The molecule has 0 aliphatic rings. The van der Waals surface area contributed by atoms with Gasteiger partial charge in [-0.1, -0.05) is 0 Å². The van der Waals surface area contributed by atoms with E-state index < -0.39 is 5.60 Å². The maximum absolute atomic E-state index is 11.6. The third-order valence-corrected chi connectivity index (χ3v) is 1.88. The number of Topliss-reactive ketones (excluding diaryl/α,β-unsaturated/α-hetero) is 1. The number of hydrogen-bond donors (Lipinski definition) is 0.